The standard InChI is InChI=1S/C6H16NO8P/c7-3(1-8)5(10)6(11)4(9)2-15-16(12,13)14/h3-6,8-11H,1-2,7H2,(H2,12,13,14)/p-1/t3-,4-,5-,6-/m1/s1. The summed E-state index contributed by atoms with van der Waals surface area (Å²) in [5.74, 6) is 0. The van der Waals surface area contributed by atoms with Gasteiger partial charge in [0.05, 0.1) is 21.0 Å². The molecule has 0 aromatic heterocycles. The van der Waals surface area contributed by atoms with Crippen LogP contribution in [0.5, 0.6) is 0 Å². The molecule has 0 aliphatic rings. The number of hydrogen-bond acceptors (Lipinski definition) is 8. The maximum atomic E-state index is 10.1. The van der Waals surface area contributed by atoms with Crippen molar-refractivity contribution in [3.05, 3.63) is 0 Å². The first-order chi connectivity index (χ1) is 7.19. The number of aliphatic hydroxyl groups excluding tert-OH is 4. The fourth-order valence-electron chi connectivity index (χ4n) is 0.881. The summed E-state index contributed by atoms with van der Waals surface area (Å²) in [6, 6.07) is -0.962. The first kappa shape index (κ1) is 15.9. The van der Waals surface area contributed by atoms with Crippen molar-refractivity contribution >= 4 is 7.82 Å². The van der Waals surface area contributed by atoms with E-state index in [4.69, 9.17) is 10.2 Å². The lowest BCUT2D eigenvalue weighted by Gasteiger charge is -2.31. The zero-order valence-electron chi connectivity index (χ0n) is 8.30. The SMILES string of the molecule is [NH3+][C@H](CO)[C@@H](O)[C@H](O)[C@H](O)COP(=O)([O-])[O-]. The van der Waals surface area contributed by atoms with Crippen molar-refractivity contribution in [1.82, 2.24) is 0 Å². The van der Waals surface area contributed by atoms with Crippen LogP contribution in [0.15, 0.2) is 0 Å². The molecule has 10 heteroatoms. The molecule has 0 bridgehead atoms. The normalized spacial score (nSPS) is 20.2. The number of aliphatic hydroxyl groups is 4. The minimum absolute atomic E-state index is 0.534. The van der Waals surface area contributed by atoms with Crippen molar-refractivity contribution in [2.75, 3.05) is 13.2 Å². The Morgan fingerprint density at radius 2 is 1.75 bits per heavy atom. The number of rotatable bonds is 7. The fraction of sp³-hybridized carbons (Fsp3) is 1.00. The topological polar surface area (TPSA) is 181 Å². The van der Waals surface area contributed by atoms with Crippen LogP contribution in [0.1, 0.15) is 0 Å². The molecule has 98 valence electrons. The van der Waals surface area contributed by atoms with Gasteiger partial charge in [0, 0.05) is 0 Å². The van der Waals surface area contributed by atoms with E-state index in [9.17, 15) is 24.6 Å². The molecule has 0 saturated heterocycles. The van der Waals surface area contributed by atoms with Gasteiger partial charge in [-0.25, -0.2) is 0 Å². The third-order valence-electron chi connectivity index (χ3n) is 1.87. The Kier molecular flexibility index (Phi) is 6.56. The molecule has 4 atom stereocenters. The first-order valence-electron chi connectivity index (χ1n) is 4.33. The highest BCUT2D eigenvalue weighted by molar-refractivity contribution is 7.43. The molecule has 0 fully saturated rings. The molecule has 0 rings (SSSR count). The van der Waals surface area contributed by atoms with Gasteiger partial charge >= 0.3 is 0 Å². The van der Waals surface area contributed by atoms with E-state index in [1.807, 2.05) is 0 Å². The minimum atomic E-state index is -5.24. The van der Waals surface area contributed by atoms with Crippen molar-refractivity contribution in [2.45, 2.75) is 24.4 Å². The van der Waals surface area contributed by atoms with E-state index in [-0.39, 0.29) is 0 Å². The van der Waals surface area contributed by atoms with Crippen LogP contribution in [0.2, 0.25) is 0 Å². The molecule has 0 spiro atoms. The van der Waals surface area contributed by atoms with E-state index in [0.29, 0.717) is 0 Å². The summed E-state index contributed by atoms with van der Waals surface area (Å²) in [5.41, 5.74) is 3.28. The summed E-state index contributed by atoms with van der Waals surface area (Å²) in [4.78, 5) is 20.1. The highest BCUT2D eigenvalue weighted by atomic mass is 31.2. The minimum Gasteiger partial charge on any atom is -0.790 e. The smallest absolute Gasteiger partial charge is 0.137 e. The predicted molar refractivity (Wildman–Crippen MR) is 45.3 cm³/mol. The van der Waals surface area contributed by atoms with Gasteiger partial charge < -0.3 is 45.0 Å². The molecule has 7 N–H and O–H groups in total. The predicted octanol–water partition coefficient (Wildman–Crippen LogP) is -5.48. The van der Waals surface area contributed by atoms with Crippen LogP contribution in [-0.4, -0.2) is 58.0 Å². The number of phosphoric acid groups is 1. The van der Waals surface area contributed by atoms with Gasteiger partial charge in [0.25, 0.3) is 0 Å². The van der Waals surface area contributed by atoms with Crippen molar-refractivity contribution < 1.29 is 45.0 Å². The van der Waals surface area contributed by atoms with Crippen LogP contribution in [0.25, 0.3) is 0 Å². The lowest BCUT2D eigenvalue weighted by molar-refractivity contribution is -0.448. The molecule has 0 aliphatic heterocycles. The van der Waals surface area contributed by atoms with Crippen LogP contribution in [0.4, 0.5) is 0 Å². The molecule has 0 radical (unpaired) electrons. The van der Waals surface area contributed by atoms with E-state index >= 15 is 0 Å². The summed E-state index contributed by atoms with van der Waals surface area (Å²) in [6.07, 6.45) is -5.12. The molecule has 0 aromatic rings. The van der Waals surface area contributed by atoms with E-state index in [2.05, 4.69) is 10.3 Å². The van der Waals surface area contributed by atoms with Gasteiger partial charge in [-0.15, -0.1) is 0 Å². The summed E-state index contributed by atoms with van der Waals surface area (Å²) >= 11 is 0. The molecule has 0 amide bonds. The molecule has 16 heavy (non-hydrogen) atoms. The fourth-order valence-corrected chi connectivity index (χ4v) is 1.22. The van der Waals surface area contributed by atoms with Crippen LogP contribution in [0.3, 0.4) is 0 Å². The van der Waals surface area contributed by atoms with Gasteiger partial charge in [0.2, 0.25) is 0 Å². The van der Waals surface area contributed by atoms with E-state index in [0.717, 1.165) is 0 Å². The number of hydrogen-bond donors (Lipinski definition) is 5. The summed E-state index contributed by atoms with van der Waals surface area (Å²) < 4.78 is 13.8. The van der Waals surface area contributed by atoms with E-state index in [1.165, 1.54) is 0 Å². The molecule has 0 heterocycles. The van der Waals surface area contributed by atoms with E-state index < -0.39 is 45.4 Å². The second kappa shape index (κ2) is 6.60. The maximum Gasteiger partial charge on any atom is 0.137 e. The Morgan fingerprint density at radius 3 is 2.12 bits per heavy atom. The average Bonchev–Trinajstić information content (AvgIpc) is 2.21. The second-order valence-corrected chi connectivity index (χ2v) is 4.39. The Hall–Kier alpha value is -0.0900. The molecule has 0 aliphatic carbocycles. The van der Waals surface area contributed by atoms with Gasteiger partial charge in [-0.2, -0.15) is 0 Å². The second-order valence-electron chi connectivity index (χ2n) is 3.23. The summed E-state index contributed by atoms with van der Waals surface area (Å²) in [5, 5.41) is 36.3. The van der Waals surface area contributed by atoms with Gasteiger partial charge in [0.15, 0.2) is 0 Å². The van der Waals surface area contributed by atoms with Gasteiger partial charge in [-0.05, 0) is 0 Å². The Bertz CT molecular complexity index is 245. The third-order valence-corrected chi connectivity index (χ3v) is 2.33. The summed E-state index contributed by atoms with van der Waals surface area (Å²) in [6.45, 7) is -1.51. The molecular formula is C6H15NO8P-. The average molecular weight is 260 g/mol. The lowest BCUT2D eigenvalue weighted by atomic mass is 10.0. The zero-order chi connectivity index (χ0) is 12.9. The molecule has 0 unspecified atom stereocenters. The zero-order valence-corrected chi connectivity index (χ0v) is 9.19. The molecular weight excluding hydrogens is 245 g/mol. The number of quaternary nitrogens is 1. The van der Waals surface area contributed by atoms with Crippen molar-refractivity contribution in [1.29, 1.82) is 0 Å². The van der Waals surface area contributed by atoms with Gasteiger partial charge in [-0.1, -0.05) is 0 Å². The highest BCUT2D eigenvalue weighted by Gasteiger charge is 2.31. The molecule has 0 saturated carbocycles. The van der Waals surface area contributed by atoms with Crippen molar-refractivity contribution in [2.24, 2.45) is 0 Å². The van der Waals surface area contributed by atoms with Crippen LogP contribution < -0.4 is 15.5 Å². The van der Waals surface area contributed by atoms with Crippen LogP contribution in [0, 0.1) is 0 Å². The van der Waals surface area contributed by atoms with Crippen LogP contribution in [-0.2, 0) is 9.09 Å². The van der Waals surface area contributed by atoms with Crippen molar-refractivity contribution in [3.63, 3.8) is 0 Å². The van der Waals surface area contributed by atoms with Gasteiger partial charge in [0.1, 0.15) is 24.4 Å². The Balaban J connectivity index is 4.17. The Labute approximate surface area is 91.3 Å². The van der Waals surface area contributed by atoms with Crippen LogP contribution >= 0.6 is 7.82 Å². The monoisotopic (exact) mass is 260 g/mol. The number of phosphoric ester groups is 1. The van der Waals surface area contributed by atoms with Crippen molar-refractivity contribution in [3.8, 4) is 0 Å². The lowest BCUT2D eigenvalue weighted by Crippen LogP contribution is -2.71. The molecule has 9 nitrogen and oxygen atoms in total. The third kappa shape index (κ3) is 5.85. The molecule has 0 aromatic carbocycles. The van der Waals surface area contributed by atoms with E-state index in [1.54, 1.807) is 0 Å². The first-order valence-corrected chi connectivity index (χ1v) is 5.80. The maximum absolute atomic E-state index is 10.1. The quantitative estimate of drug-likeness (QED) is 0.281. The summed E-state index contributed by atoms with van der Waals surface area (Å²) in [7, 11) is -5.24. The Morgan fingerprint density at radius 1 is 1.25 bits per heavy atom. The van der Waals surface area contributed by atoms with Gasteiger partial charge in [-0.3, -0.25) is 0 Å². The highest BCUT2D eigenvalue weighted by Crippen LogP contribution is 2.24. The largest absolute Gasteiger partial charge is 0.790 e.